The lowest BCUT2D eigenvalue weighted by Crippen LogP contribution is -2.24. The highest BCUT2D eigenvalue weighted by atomic mass is 16.5. The summed E-state index contributed by atoms with van der Waals surface area (Å²) in [7, 11) is 0. The first kappa shape index (κ1) is 15.4. The molecular formula is C17H16N2O3. The van der Waals surface area contributed by atoms with Gasteiger partial charge in [0.2, 0.25) is 5.56 Å². The van der Waals surface area contributed by atoms with E-state index in [1.54, 1.807) is 12.3 Å². The number of alkyl carbamates (subject to hydrolysis) is 1. The molecule has 0 bridgehead atoms. The number of H-pyrrole nitrogens is 1. The molecule has 0 atom stereocenters. The van der Waals surface area contributed by atoms with Crippen LogP contribution in [-0.2, 0) is 11.3 Å². The first-order chi connectivity index (χ1) is 10.7. The topological polar surface area (TPSA) is 71.2 Å². The largest absolute Gasteiger partial charge is 0.445 e. The molecule has 1 aromatic heterocycles. The smallest absolute Gasteiger partial charge is 0.407 e. The summed E-state index contributed by atoms with van der Waals surface area (Å²) in [6, 6.07) is 12.6. The Balaban J connectivity index is 1.66. The minimum absolute atomic E-state index is 0.186. The van der Waals surface area contributed by atoms with Crippen molar-refractivity contribution in [1.29, 1.82) is 0 Å². The number of ether oxygens (including phenoxy) is 1. The van der Waals surface area contributed by atoms with Gasteiger partial charge in [0.25, 0.3) is 0 Å². The Morgan fingerprint density at radius 1 is 1.23 bits per heavy atom. The number of hydrogen-bond donors (Lipinski definition) is 2. The van der Waals surface area contributed by atoms with Gasteiger partial charge >= 0.3 is 6.09 Å². The molecule has 0 saturated carbocycles. The van der Waals surface area contributed by atoms with E-state index in [1.807, 2.05) is 30.3 Å². The molecule has 5 nitrogen and oxygen atoms in total. The lowest BCUT2D eigenvalue weighted by molar-refractivity contribution is 0.140. The Kier molecular flexibility index (Phi) is 5.82. The zero-order valence-electron chi connectivity index (χ0n) is 12.0. The molecule has 0 saturated heterocycles. The van der Waals surface area contributed by atoms with Crippen molar-refractivity contribution in [2.45, 2.75) is 13.0 Å². The Labute approximate surface area is 128 Å². The highest BCUT2D eigenvalue weighted by Crippen LogP contribution is 2.00. The standard InChI is InChI=1S/C17H16N2O3/c20-16-12-14(9-11-18-16)6-4-5-10-19-17(21)22-13-15-7-2-1-3-8-15/h1-3,7-9,11-12H,5,10,13H2,(H,18,20)(H,19,21). The van der Waals surface area contributed by atoms with Gasteiger partial charge in [-0.15, -0.1) is 0 Å². The summed E-state index contributed by atoms with van der Waals surface area (Å²) in [5.74, 6) is 5.74. The van der Waals surface area contributed by atoms with Crippen LogP contribution in [0.4, 0.5) is 4.79 Å². The molecule has 2 N–H and O–H groups in total. The zero-order chi connectivity index (χ0) is 15.6. The first-order valence-electron chi connectivity index (χ1n) is 6.86. The van der Waals surface area contributed by atoms with E-state index < -0.39 is 6.09 Å². The molecule has 0 aliphatic heterocycles. The van der Waals surface area contributed by atoms with Crippen LogP contribution in [0.3, 0.4) is 0 Å². The second-order valence-electron chi connectivity index (χ2n) is 4.48. The molecule has 0 radical (unpaired) electrons. The Morgan fingerprint density at radius 3 is 2.82 bits per heavy atom. The van der Waals surface area contributed by atoms with Gasteiger partial charge in [0, 0.05) is 30.8 Å². The summed E-state index contributed by atoms with van der Waals surface area (Å²) < 4.78 is 5.06. The Bertz CT molecular complexity index is 727. The van der Waals surface area contributed by atoms with E-state index in [-0.39, 0.29) is 12.2 Å². The van der Waals surface area contributed by atoms with E-state index in [0.717, 1.165) is 5.56 Å². The fraction of sp³-hybridized carbons (Fsp3) is 0.176. The molecule has 2 rings (SSSR count). The lowest BCUT2D eigenvalue weighted by Gasteiger charge is -2.05. The van der Waals surface area contributed by atoms with E-state index in [2.05, 4.69) is 22.1 Å². The molecule has 2 aromatic rings. The predicted octanol–water partition coefficient (Wildman–Crippen LogP) is 2.04. The molecule has 1 heterocycles. The van der Waals surface area contributed by atoms with Crippen LogP contribution in [0.25, 0.3) is 0 Å². The summed E-state index contributed by atoms with van der Waals surface area (Å²) in [4.78, 5) is 25.0. The second kappa shape index (κ2) is 8.32. The van der Waals surface area contributed by atoms with Crippen molar-refractivity contribution in [2.75, 3.05) is 6.54 Å². The first-order valence-corrected chi connectivity index (χ1v) is 6.86. The van der Waals surface area contributed by atoms with Gasteiger partial charge in [-0.1, -0.05) is 42.2 Å². The lowest BCUT2D eigenvalue weighted by atomic mass is 10.2. The van der Waals surface area contributed by atoms with Gasteiger partial charge in [0.05, 0.1) is 0 Å². The summed E-state index contributed by atoms with van der Waals surface area (Å²) in [5.41, 5.74) is 1.40. The molecule has 1 aromatic carbocycles. The number of aromatic amines is 1. The molecule has 112 valence electrons. The van der Waals surface area contributed by atoms with Crippen molar-refractivity contribution in [1.82, 2.24) is 10.3 Å². The fourth-order valence-corrected chi connectivity index (χ4v) is 1.69. The monoisotopic (exact) mass is 296 g/mol. The number of nitrogens with one attached hydrogen (secondary N) is 2. The number of amides is 1. The normalized spacial score (nSPS) is 9.45. The van der Waals surface area contributed by atoms with Crippen molar-refractivity contribution in [2.24, 2.45) is 0 Å². The van der Waals surface area contributed by atoms with Crippen molar-refractivity contribution < 1.29 is 9.53 Å². The van der Waals surface area contributed by atoms with Crippen molar-refractivity contribution in [3.8, 4) is 11.8 Å². The molecule has 0 spiro atoms. The number of benzene rings is 1. The summed E-state index contributed by atoms with van der Waals surface area (Å²) in [5, 5.41) is 2.62. The predicted molar refractivity (Wildman–Crippen MR) is 83.2 cm³/mol. The Morgan fingerprint density at radius 2 is 2.05 bits per heavy atom. The molecule has 22 heavy (non-hydrogen) atoms. The highest BCUT2D eigenvalue weighted by Gasteiger charge is 2.00. The summed E-state index contributed by atoms with van der Waals surface area (Å²) >= 11 is 0. The third-order valence-electron chi connectivity index (χ3n) is 2.74. The molecule has 1 amide bonds. The van der Waals surface area contributed by atoms with Crippen LogP contribution in [0.5, 0.6) is 0 Å². The van der Waals surface area contributed by atoms with Crippen LogP contribution in [0.2, 0.25) is 0 Å². The van der Waals surface area contributed by atoms with E-state index >= 15 is 0 Å². The van der Waals surface area contributed by atoms with Crippen LogP contribution in [-0.4, -0.2) is 17.6 Å². The zero-order valence-corrected chi connectivity index (χ0v) is 12.0. The van der Waals surface area contributed by atoms with Gasteiger partial charge in [-0.25, -0.2) is 4.79 Å². The minimum Gasteiger partial charge on any atom is -0.445 e. The van der Waals surface area contributed by atoms with Crippen LogP contribution in [0, 0.1) is 11.8 Å². The summed E-state index contributed by atoms with van der Waals surface area (Å²) in [6.07, 6.45) is 1.56. The highest BCUT2D eigenvalue weighted by molar-refractivity contribution is 5.67. The maximum atomic E-state index is 11.5. The number of carbonyl (C=O) groups is 1. The number of carbonyl (C=O) groups excluding carboxylic acids is 1. The molecule has 0 fully saturated rings. The van der Waals surface area contributed by atoms with Gasteiger partial charge in [-0.05, 0) is 11.6 Å². The van der Waals surface area contributed by atoms with Crippen LogP contribution < -0.4 is 10.9 Å². The maximum absolute atomic E-state index is 11.5. The van der Waals surface area contributed by atoms with Gasteiger partial charge in [-0.2, -0.15) is 0 Å². The van der Waals surface area contributed by atoms with E-state index in [0.29, 0.717) is 18.5 Å². The van der Waals surface area contributed by atoms with Crippen LogP contribution in [0.15, 0.2) is 53.5 Å². The third-order valence-corrected chi connectivity index (χ3v) is 2.74. The quantitative estimate of drug-likeness (QED) is 0.670. The Hall–Kier alpha value is -3.00. The average molecular weight is 296 g/mol. The number of rotatable bonds is 4. The van der Waals surface area contributed by atoms with Gasteiger partial charge in [-0.3, -0.25) is 4.79 Å². The van der Waals surface area contributed by atoms with Crippen molar-refractivity contribution in [3.63, 3.8) is 0 Å². The van der Waals surface area contributed by atoms with Crippen LogP contribution in [0.1, 0.15) is 17.5 Å². The number of hydrogen-bond acceptors (Lipinski definition) is 3. The molecule has 0 aliphatic carbocycles. The molecular weight excluding hydrogens is 280 g/mol. The SMILES string of the molecule is O=C(NCCC#Cc1cc[nH]c(=O)c1)OCc1ccccc1. The maximum Gasteiger partial charge on any atom is 0.407 e. The van der Waals surface area contributed by atoms with Crippen LogP contribution >= 0.6 is 0 Å². The fourth-order valence-electron chi connectivity index (χ4n) is 1.69. The average Bonchev–Trinajstić information content (AvgIpc) is 2.54. The molecule has 5 heteroatoms. The van der Waals surface area contributed by atoms with Crippen molar-refractivity contribution in [3.05, 3.63) is 70.1 Å². The van der Waals surface area contributed by atoms with E-state index in [4.69, 9.17) is 4.74 Å². The summed E-state index contributed by atoms with van der Waals surface area (Å²) in [6.45, 7) is 0.634. The second-order valence-corrected chi connectivity index (χ2v) is 4.48. The molecule has 0 unspecified atom stereocenters. The van der Waals surface area contributed by atoms with Gasteiger partial charge in [0.1, 0.15) is 6.61 Å². The van der Waals surface area contributed by atoms with Gasteiger partial charge < -0.3 is 15.0 Å². The number of aromatic nitrogens is 1. The van der Waals surface area contributed by atoms with E-state index in [1.165, 1.54) is 6.07 Å². The third kappa shape index (κ3) is 5.55. The number of pyridine rings is 1. The molecule has 0 aliphatic rings. The van der Waals surface area contributed by atoms with Crippen molar-refractivity contribution >= 4 is 6.09 Å². The van der Waals surface area contributed by atoms with Gasteiger partial charge in [0.15, 0.2) is 0 Å². The minimum atomic E-state index is -0.471. The van der Waals surface area contributed by atoms with E-state index in [9.17, 15) is 9.59 Å².